The molecule has 0 aliphatic carbocycles. The van der Waals surface area contributed by atoms with Crippen LogP contribution in [0.4, 0.5) is 5.69 Å². The summed E-state index contributed by atoms with van der Waals surface area (Å²) in [5, 5.41) is 15.5. The van der Waals surface area contributed by atoms with Crippen molar-refractivity contribution in [3.8, 4) is 5.75 Å². The third-order valence-corrected chi connectivity index (χ3v) is 2.87. The first-order valence-electron chi connectivity index (χ1n) is 5.59. The smallest absolute Gasteiger partial charge is 0.335 e. The van der Waals surface area contributed by atoms with Crippen molar-refractivity contribution in [3.05, 3.63) is 23.8 Å². The van der Waals surface area contributed by atoms with Gasteiger partial charge in [-0.05, 0) is 31.2 Å². The highest BCUT2D eigenvalue weighted by molar-refractivity contribution is 5.89. The van der Waals surface area contributed by atoms with Crippen molar-refractivity contribution < 1.29 is 14.6 Å². The molecule has 1 aromatic rings. The summed E-state index contributed by atoms with van der Waals surface area (Å²) in [7, 11) is 1.58. The minimum atomic E-state index is -0.930. The molecule has 1 aromatic carbocycles. The molecule has 0 bridgehead atoms. The van der Waals surface area contributed by atoms with E-state index in [9.17, 15) is 4.79 Å². The first-order valence-corrected chi connectivity index (χ1v) is 5.59. The normalized spacial score (nSPS) is 19.0. The molecule has 0 amide bonds. The number of carboxylic acids is 1. The number of methoxy groups -OCH3 is 1. The van der Waals surface area contributed by atoms with Gasteiger partial charge in [-0.1, -0.05) is 0 Å². The Balaban J connectivity index is 2.21. The van der Waals surface area contributed by atoms with Crippen molar-refractivity contribution in [2.45, 2.75) is 12.5 Å². The van der Waals surface area contributed by atoms with E-state index >= 15 is 0 Å². The van der Waals surface area contributed by atoms with E-state index in [0.29, 0.717) is 11.8 Å². The molecule has 1 fully saturated rings. The number of carboxylic acid groups (broad SMARTS) is 1. The molecule has 1 aliphatic heterocycles. The average Bonchev–Trinajstić information content (AvgIpc) is 2.81. The van der Waals surface area contributed by atoms with E-state index in [-0.39, 0.29) is 5.56 Å². The average molecular weight is 236 g/mol. The first kappa shape index (κ1) is 11.7. The molecule has 1 saturated heterocycles. The van der Waals surface area contributed by atoms with Crippen LogP contribution in [0.15, 0.2) is 18.2 Å². The fourth-order valence-corrected chi connectivity index (χ4v) is 1.95. The molecule has 0 aromatic heterocycles. The van der Waals surface area contributed by atoms with Gasteiger partial charge in [0.05, 0.1) is 18.4 Å². The van der Waals surface area contributed by atoms with E-state index in [4.69, 9.17) is 9.84 Å². The Hall–Kier alpha value is -1.75. The number of rotatable bonds is 4. The van der Waals surface area contributed by atoms with Crippen LogP contribution in [0.2, 0.25) is 0 Å². The Morgan fingerprint density at radius 1 is 1.59 bits per heavy atom. The van der Waals surface area contributed by atoms with Gasteiger partial charge in [-0.2, -0.15) is 0 Å². The van der Waals surface area contributed by atoms with Gasteiger partial charge in [0, 0.05) is 12.6 Å². The van der Waals surface area contributed by atoms with Crippen molar-refractivity contribution in [2.75, 3.05) is 25.5 Å². The summed E-state index contributed by atoms with van der Waals surface area (Å²) in [6.45, 7) is 1.87. The van der Waals surface area contributed by atoms with Crippen LogP contribution >= 0.6 is 0 Å². The zero-order valence-electron chi connectivity index (χ0n) is 9.69. The SMILES string of the molecule is COc1ccc(C(=O)O)cc1NC1CCNC1. The molecule has 5 nitrogen and oxygen atoms in total. The highest BCUT2D eigenvalue weighted by Crippen LogP contribution is 2.26. The number of hydrogen-bond acceptors (Lipinski definition) is 4. The van der Waals surface area contributed by atoms with Gasteiger partial charge >= 0.3 is 5.97 Å². The molecular formula is C12H16N2O3. The standard InChI is InChI=1S/C12H16N2O3/c1-17-11-3-2-8(12(15)16)6-10(11)14-9-4-5-13-7-9/h2-3,6,9,13-14H,4-5,7H2,1H3,(H,15,16). The molecule has 3 N–H and O–H groups in total. The van der Waals surface area contributed by atoms with Crippen LogP contribution in [0.25, 0.3) is 0 Å². The van der Waals surface area contributed by atoms with E-state index in [1.165, 1.54) is 0 Å². The lowest BCUT2D eigenvalue weighted by atomic mass is 10.1. The maximum Gasteiger partial charge on any atom is 0.335 e. The first-order chi connectivity index (χ1) is 8.20. The fourth-order valence-electron chi connectivity index (χ4n) is 1.95. The Kier molecular flexibility index (Phi) is 3.49. The van der Waals surface area contributed by atoms with Gasteiger partial charge < -0.3 is 20.5 Å². The molecule has 0 saturated carbocycles. The molecule has 0 spiro atoms. The molecule has 1 atom stereocenters. The van der Waals surface area contributed by atoms with Crippen LogP contribution in [0.3, 0.4) is 0 Å². The van der Waals surface area contributed by atoms with Crippen molar-refractivity contribution in [2.24, 2.45) is 0 Å². The number of nitrogens with one attached hydrogen (secondary N) is 2. The monoisotopic (exact) mass is 236 g/mol. The van der Waals surface area contributed by atoms with Gasteiger partial charge in [0.2, 0.25) is 0 Å². The van der Waals surface area contributed by atoms with Gasteiger partial charge in [0.15, 0.2) is 0 Å². The van der Waals surface area contributed by atoms with E-state index in [1.54, 1.807) is 25.3 Å². The summed E-state index contributed by atoms with van der Waals surface area (Å²) < 4.78 is 5.21. The zero-order valence-corrected chi connectivity index (χ0v) is 9.69. The Labute approximate surface area is 99.8 Å². The largest absolute Gasteiger partial charge is 0.495 e. The van der Waals surface area contributed by atoms with Crippen LogP contribution in [0.1, 0.15) is 16.8 Å². The van der Waals surface area contributed by atoms with Crippen LogP contribution in [-0.2, 0) is 0 Å². The fraction of sp³-hybridized carbons (Fsp3) is 0.417. The maximum absolute atomic E-state index is 10.9. The van der Waals surface area contributed by atoms with Gasteiger partial charge in [-0.25, -0.2) is 4.79 Å². The Bertz CT molecular complexity index is 414. The lowest BCUT2D eigenvalue weighted by Crippen LogP contribution is -2.22. The number of benzene rings is 1. The number of anilines is 1. The zero-order chi connectivity index (χ0) is 12.3. The van der Waals surface area contributed by atoms with Crippen LogP contribution in [-0.4, -0.2) is 37.3 Å². The summed E-state index contributed by atoms with van der Waals surface area (Å²) in [4.78, 5) is 10.9. The third kappa shape index (κ3) is 2.68. The van der Waals surface area contributed by atoms with Gasteiger partial charge in [-0.3, -0.25) is 0 Å². The molecular weight excluding hydrogens is 220 g/mol. The summed E-state index contributed by atoms with van der Waals surface area (Å²) in [6, 6.07) is 5.15. The second kappa shape index (κ2) is 5.05. The molecule has 1 unspecified atom stereocenters. The molecule has 17 heavy (non-hydrogen) atoms. The third-order valence-electron chi connectivity index (χ3n) is 2.87. The van der Waals surface area contributed by atoms with Crippen molar-refractivity contribution in [3.63, 3.8) is 0 Å². The number of hydrogen-bond donors (Lipinski definition) is 3. The van der Waals surface area contributed by atoms with Gasteiger partial charge in [0.1, 0.15) is 5.75 Å². The topological polar surface area (TPSA) is 70.6 Å². The summed E-state index contributed by atoms with van der Waals surface area (Å²) in [6.07, 6.45) is 1.03. The lowest BCUT2D eigenvalue weighted by Gasteiger charge is -2.16. The van der Waals surface area contributed by atoms with E-state index in [0.717, 1.165) is 25.2 Å². The van der Waals surface area contributed by atoms with Gasteiger partial charge in [-0.15, -0.1) is 0 Å². The Morgan fingerprint density at radius 2 is 2.41 bits per heavy atom. The molecule has 1 heterocycles. The van der Waals surface area contributed by atoms with Crippen molar-refractivity contribution in [1.29, 1.82) is 0 Å². The second-order valence-corrected chi connectivity index (χ2v) is 4.05. The molecule has 92 valence electrons. The van der Waals surface area contributed by atoms with E-state index in [1.807, 2.05) is 0 Å². The lowest BCUT2D eigenvalue weighted by molar-refractivity contribution is 0.0697. The van der Waals surface area contributed by atoms with Gasteiger partial charge in [0.25, 0.3) is 0 Å². The van der Waals surface area contributed by atoms with Crippen molar-refractivity contribution in [1.82, 2.24) is 5.32 Å². The second-order valence-electron chi connectivity index (χ2n) is 4.05. The molecule has 0 radical (unpaired) electrons. The summed E-state index contributed by atoms with van der Waals surface area (Å²) in [5.41, 5.74) is 1.00. The molecule has 2 rings (SSSR count). The minimum absolute atomic E-state index is 0.263. The predicted molar refractivity (Wildman–Crippen MR) is 64.9 cm³/mol. The summed E-state index contributed by atoms with van der Waals surface area (Å²) >= 11 is 0. The number of ether oxygens (including phenoxy) is 1. The van der Waals surface area contributed by atoms with E-state index in [2.05, 4.69) is 10.6 Å². The maximum atomic E-state index is 10.9. The predicted octanol–water partition coefficient (Wildman–Crippen LogP) is 1.17. The summed E-state index contributed by atoms with van der Waals surface area (Å²) in [5.74, 6) is -0.262. The quantitative estimate of drug-likeness (QED) is 0.732. The van der Waals surface area contributed by atoms with Crippen molar-refractivity contribution >= 4 is 11.7 Å². The number of aromatic carboxylic acids is 1. The molecule has 5 heteroatoms. The number of carbonyl (C=O) groups is 1. The minimum Gasteiger partial charge on any atom is -0.495 e. The van der Waals surface area contributed by atoms with Crippen LogP contribution < -0.4 is 15.4 Å². The van der Waals surface area contributed by atoms with Crippen LogP contribution in [0, 0.1) is 0 Å². The molecule has 1 aliphatic rings. The van der Waals surface area contributed by atoms with Crippen LogP contribution in [0.5, 0.6) is 5.75 Å². The van der Waals surface area contributed by atoms with E-state index < -0.39 is 5.97 Å². The highest BCUT2D eigenvalue weighted by atomic mass is 16.5. The Morgan fingerprint density at radius 3 is 3.00 bits per heavy atom. The highest BCUT2D eigenvalue weighted by Gasteiger charge is 2.16.